The monoisotopic (exact) mass is 264 g/mol. The van der Waals surface area contributed by atoms with Gasteiger partial charge >= 0.3 is 0 Å². The fourth-order valence-electron chi connectivity index (χ4n) is 1.62. The van der Waals surface area contributed by atoms with E-state index in [-0.39, 0.29) is 5.25 Å². The second-order valence-electron chi connectivity index (χ2n) is 3.80. The molecule has 2 aromatic carbocycles. The lowest BCUT2D eigenvalue weighted by Gasteiger charge is -2.11. The van der Waals surface area contributed by atoms with Crippen LogP contribution in [0.2, 0.25) is 5.02 Å². The second kappa shape index (κ2) is 5.48. The van der Waals surface area contributed by atoms with Crippen molar-refractivity contribution in [3.63, 3.8) is 0 Å². The molecule has 0 fully saturated rings. The molecule has 0 aromatic heterocycles. The summed E-state index contributed by atoms with van der Waals surface area (Å²) in [6.45, 7) is 1.96. The van der Waals surface area contributed by atoms with Crippen LogP contribution in [0.3, 0.4) is 0 Å². The molecule has 0 N–H and O–H groups in total. The van der Waals surface area contributed by atoms with Crippen molar-refractivity contribution in [3.05, 3.63) is 65.2 Å². The first-order valence-corrected chi connectivity index (χ1v) is 6.98. The Labute approximate surface area is 109 Å². The summed E-state index contributed by atoms with van der Waals surface area (Å²) in [7, 11) is -1.03. The third-order valence-electron chi connectivity index (χ3n) is 2.64. The summed E-state index contributed by atoms with van der Waals surface area (Å²) in [6, 6.07) is 17.0. The second-order valence-corrected chi connectivity index (χ2v) is 6.01. The van der Waals surface area contributed by atoms with E-state index in [1.807, 2.05) is 61.5 Å². The first-order valence-electron chi connectivity index (χ1n) is 5.39. The highest BCUT2D eigenvalue weighted by molar-refractivity contribution is 7.85. The van der Waals surface area contributed by atoms with E-state index in [0.717, 1.165) is 10.5 Å². The first-order chi connectivity index (χ1) is 8.18. The molecule has 88 valence electrons. The summed E-state index contributed by atoms with van der Waals surface area (Å²) in [6.07, 6.45) is 0. The van der Waals surface area contributed by atoms with Crippen LogP contribution in [0.1, 0.15) is 17.7 Å². The van der Waals surface area contributed by atoms with Crippen molar-refractivity contribution < 1.29 is 4.21 Å². The Morgan fingerprint density at radius 3 is 2.18 bits per heavy atom. The summed E-state index contributed by atoms with van der Waals surface area (Å²) in [4.78, 5) is 0.856. The van der Waals surface area contributed by atoms with Gasteiger partial charge in [-0.15, -0.1) is 0 Å². The van der Waals surface area contributed by atoms with Gasteiger partial charge in [0.15, 0.2) is 0 Å². The maximum Gasteiger partial charge on any atom is 0.0615 e. The summed E-state index contributed by atoms with van der Waals surface area (Å²) >= 11 is 5.84. The Morgan fingerprint density at radius 1 is 1.00 bits per heavy atom. The van der Waals surface area contributed by atoms with E-state index in [1.165, 1.54) is 0 Å². The standard InChI is InChI=1S/C14H13ClOS/c1-11(12-7-9-13(15)10-8-12)17(16)14-5-3-2-4-6-14/h2-11H,1H3/t11-,17-/m0/s1. The minimum atomic E-state index is -1.03. The van der Waals surface area contributed by atoms with Gasteiger partial charge in [-0.2, -0.15) is 0 Å². The highest BCUT2D eigenvalue weighted by Crippen LogP contribution is 2.25. The molecular formula is C14H13ClOS. The molecule has 0 bridgehead atoms. The summed E-state index contributed by atoms with van der Waals surface area (Å²) in [5.41, 5.74) is 1.04. The minimum Gasteiger partial charge on any atom is -0.254 e. The predicted octanol–water partition coefficient (Wildman–Crippen LogP) is 4.21. The van der Waals surface area contributed by atoms with Crippen molar-refractivity contribution in [3.8, 4) is 0 Å². The van der Waals surface area contributed by atoms with Gasteiger partial charge in [0.25, 0.3) is 0 Å². The number of hydrogen-bond acceptors (Lipinski definition) is 1. The average Bonchev–Trinajstić information content (AvgIpc) is 2.39. The van der Waals surface area contributed by atoms with E-state index in [0.29, 0.717) is 5.02 Å². The number of hydrogen-bond donors (Lipinski definition) is 0. The van der Waals surface area contributed by atoms with Gasteiger partial charge in [0.2, 0.25) is 0 Å². The Balaban J connectivity index is 2.23. The van der Waals surface area contributed by atoms with Gasteiger partial charge < -0.3 is 0 Å². The molecule has 2 rings (SSSR count). The van der Waals surface area contributed by atoms with Gasteiger partial charge in [0.05, 0.1) is 16.0 Å². The Morgan fingerprint density at radius 2 is 1.59 bits per heavy atom. The van der Waals surface area contributed by atoms with E-state index in [9.17, 15) is 4.21 Å². The van der Waals surface area contributed by atoms with Crippen LogP contribution < -0.4 is 0 Å². The smallest absolute Gasteiger partial charge is 0.0615 e. The maximum atomic E-state index is 12.3. The van der Waals surface area contributed by atoms with Crippen LogP contribution in [-0.4, -0.2) is 4.21 Å². The molecule has 0 radical (unpaired) electrons. The molecular weight excluding hydrogens is 252 g/mol. The van der Waals surface area contributed by atoms with Gasteiger partial charge in [-0.05, 0) is 36.8 Å². The van der Waals surface area contributed by atoms with Gasteiger partial charge in [0, 0.05) is 9.92 Å². The van der Waals surface area contributed by atoms with E-state index in [4.69, 9.17) is 11.6 Å². The fraction of sp³-hybridized carbons (Fsp3) is 0.143. The number of benzene rings is 2. The van der Waals surface area contributed by atoms with E-state index in [2.05, 4.69) is 0 Å². The van der Waals surface area contributed by atoms with E-state index >= 15 is 0 Å². The number of halogens is 1. The quantitative estimate of drug-likeness (QED) is 0.812. The summed E-state index contributed by atoms with van der Waals surface area (Å²) in [5, 5.41) is 0.668. The summed E-state index contributed by atoms with van der Waals surface area (Å²) < 4.78 is 12.3. The maximum absolute atomic E-state index is 12.3. The molecule has 2 aromatic rings. The van der Waals surface area contributed by atoms with Crippen molar-refractivity contribution in [2.75, 3.05) is 0 Å². The van der Waals surface area contributed by atoms with Crippen LogP contribution in [0.25, 0.3) is 0 Å². The molecule has 2 atom stereocenters. The van der Waals surface area contributed by atoms with Crippen LogP contribution in [0.4, 0.5) is 0 Å². The Bertz CT molecular complexity index is 508. The van der Waals surface area contributed by atoms with Gasteiger partial charge in [-0.25, -0.2) is 0 Å². The zero-order chi connectivity index (χ0) is 12.3. The average molecular weight is 265 g/mol. The molecule has 0 saturated heterocycles. The van der Waals surface area contributed by atoms with Crippen LogP contribution >= 0.6 is 11.6 Å². The number of rotatable bonds is 3. The van der Waals surface area contributed by atoms with Crippen molar-refractivity contribution in [2.45, 2.75) is 17.1 Å². The molecule has 0 aliphatic rings. The molecule has 0 heterocycles. The largest absolute Gasteiger partial charge is 0.254 e. The normalized spacial score (nSPS) is 14.2. The SMILES string of the molecule is C[C@@H](c1ccc(Cl)cc1)[S@](=O)c1ccccc1. The molecule has 0 aliphatic heterocycles. The highest BCUT2D eigenvalue weighted by atomic mass is 35.5. The lowest BCUT2D eigenvalue weighted by molar-refractivity contribution is 0.676. The lowest BCUT2D eigenvalue weighted by atomic mass is 10.2. The zero-order valence-electron chi connectivity index (χ0n) is 9.47. The fourth-order valence-corrected chi connectivity index (χ4v) is 2.98. The van der Waals surface area contributed by atoms with Crippen LogP contribution in [0.5, 0.6) is 0 Å². The molecule has 0 unspecified atom stereocenters. The Hall–Kier alpha value is -1.12. The highest BCUT2D eigenvalue weighted by Gasteiger charge is 2.14. The molecule has 0 amide bonds. The van der Waals surface area contributed by atoms with Crippen LogP contribution in [0.15, 0.2) is 59.5 Å². The third kappa shape index (κ3) is 2.96. The van der Waals surface area contributed by atoms with Crippen molar-refractivity contribution in [1.29, 1.82) is 0 Å². The Kier molecular flexibility index (Phi) is 3.97. The van der Waals surface area contributed by atoms with Gasteiger partial charge in [-0.1, -0.05) is 41.9 Å². The molecule has 1 nitrogen and oxygen atoms in total. The summed E-state index contributed by atoms with van der Waals surface area (Å²) in [5.74, 6) is 0. The lowest BCUT2D eigenvalue weighted by Crippen LogP contribution is -2.02. The third-order valence-corrected chi connectivity index (χ3v) is 4.54. The molecule has 0 spiro atoms. The molecule has 0 aliphatic carbocycles. The predicted molar refractivity (Wildman–Crippen MR) is 72.7 cm³/mol. The van der Waals surface area contributed by atoms with Crippen LogP contribution in [0, 0.1) is 0 Å². The van der Waals surface area contributed by atoms with Crippen molar-refractivity contribution in [2.24, 2.45) is 0 Å². The first kappa shape index (κ1) is 12.3. The topological polar surface area (TPSA) is 17.1 Å². The van der Waals surface area contributed by atoms with E-state index in [1.54, 1.807) is 0 Å². The minimum absolute atomic E-state index is 0.0327. The van der Waals surface area contributed by atoms with Gasteiger partial charge in [0.1, 0.15) is 0 Å². The van der Waals surface area contributed by atoms with Crippen LogP contribution in [-0.2, 0) is 10.8 Å². The van der Waals surface area contributed by atoms with Crippen molar-refractivity contribution >= 4 is 22.4 Å². The molecule has 0 saturated carbocycles. The van der Waals surface area contributed by atoms with Gasteiger partial charge in [-0.3, -0.25) is 4.21 Å². The molecule has 3 heteroatoms. The van der Waals surface area contributed by atoms with Crippen molar-refractivity contribution in [1.82, 2.24) is 0 Å². The van der Waals surface area contributed by atoms with E-state index < -0.39 is 10.8 Å². The molecule has 17 heavy (non-hydrogen) atoms. The zero-order valence-corrected chi connectivity index (χ0v) is 11.0.